The molecule has 6 saturated carbocycles. The number of aliphatic hydroxyl groups is 2. The topological polar surface area (TPSA) is 469 Å². The van der Waals surface area contributed by atoms with E-state index in [-0.39, 0.29) is 68.1 Å². The molecule has 0 aliphatic heterocycles. The van der Waals surface area contributed by atoms with Gasteiger partial charge in [-0.05, 0) is 106 Å². The molecule has 0 aromatic carbocycles. The average molecular weight is 1400 g/mol. The molecule has 0 aromatic rings. The highest BCUT2D eigenvalue weighted by Crippen LogP contribution is 2.52. The molecule has 0 spiro atoms. The van der Waals surface area contributed by atoms with Gasteiger partial charge in [-0.3, -0.25) is 67.1 Å². The predicted octanol–water partition coefficient (Wildman–Crippen LogP) is 0.338. The molecule has 0 radical (unpaired) electrons. The van der Waals surface area contributed by atoms with Gasteiger partial charge < -0.3 is 84.2 Å². The third kappa shape index (κ3) is 18.4. The zero-order valence-electron chi connectivity index (χ0n) is 59.3. The smallest absolute Gasteiger partial charge is 0.309 e. The van der Waals surface area contributed by atoms with Gasteiger partial charge in [0, 0.05) is 14.0 Å². The van der Waals surface area contributed by atoms with Crippen LogP contribution in [0, 0.1) is 53.3 Å². The lowest BCUT2D eigenvalue weighted by Gasteiger charge is -2.34. The number of aliphatic hydroxyl groups excluding tert-OH is 2. The maximum atomic E-state index is 15.1. The predicted molar refractivity (Wildman–Crippen MR) is 359 cm³/mol. The van der Waals surface area contributed by atoms with Crippen LogP contribution >= 0.6 is 0 Å². The minimum absolute atomic E-state index is 0.0138. The van der Waals surface area contributed by atoms with Gasteiger partial charge in [0.1, 0.15) is 57.4 Å². The highest BCUT2D eigenvalue weighted by Gasteiger charge is 2.70. The number of unbranched alkanes of at least 4 members (excludes halogenated alkanes) is 9. The van der Waals surface area contributed by atoms with Gasteiger partial charge in [0.05, 0.1) is 31.6 Å². The molecule has 0 heterocycles. The number of hydrogen-bond acceptors (Lipinski definition) is 16. The summed E-state index contributed by atoms with van der Waals surface area (Å²) in [5, 5.41) is 67.7. The van der Waals surface area contributed by atoms with Crippen LogP contribution < -0.4 is 58.9 Å². The van der Waals surface area contributed by atoms with E-state index in [2.05, 4.69) is 66.7 Å². The molecule has 0 aromatic heterocycles. The van der Waals surface area contributed by atoms with Crippen molar-refractivity contribution in [2.45, 2.75) is 255 Å². The van der Waals surface area contributed by atoms with E-state index in [0.29, 0.717) is 25.7 Å². The van der Waals surface area contributed by atoms with Crippen molar-refractivity contribution in [2.75, 3.05) is 26.8 Å². The van der Waals surface area contributed by atoms with Crippen molar-refractivity contribution < 1.29 is 87.5 Å². The molecular weight excluding hydrogens is 1280 g/mol. The van der Waals surface area contributed by atoms with Gasteiger partial charge in [-0.25, -0.2) is 0 Å². The summed E-state index contributed by atoms with van der Waals surface area (Å²) >= 11 is 0. The number of allylic oxidation sites excluding steroid dienone is 1. The number of likely N-dealkylation sites (N-methyl/N-ethyl adjacent to an activating group) is 1. The fraction of sp³-hybridized carbons (Fsp3) is 0.768. The molecule has 30 heteroatoms. The summed E-state index contributed by atoms with van der Waals surface area (Å²) in [5.41, 5.74) is -4.81. The molecule has 554 valence electrons. The summed E-state index contributed by atoms with van der Waals surface area (Å²) in [5.74, 6) is -18.7. The Morgan fingerprint density at radius 1 is 0.525 bits per heavy atom. The van der Waals surface area contributed by atoms with E-state index >= 15 is 4.79 Å². The van der Waals surface area contributed by atoms with Crippen LogP contribution in [0.3, 0.4) is 0 Å². The number of aliphatic carboxylic acids is 2. The summed E-state index contributed by atoms with van der Waals surface area (Å²) in [6.45, 7) is 17.4. The number of nitrogens with zero attached hydrogens (tertiary/aromatic N) is 1. The molecule has 30 nitrogen and oxygen atoms in total. The van der Waals surface area contributed by atoms with E-state index in [1.165, 1.54) is 20.0 Å². The fourth-order valence-electron chi connectivity index (χ4n) is 14.7. The average Bonchev–Trinajstić information content (AvgIpc) is 1.58. The van der Waals surface area contributed by atoms with Crippen LogP contribution in [0.25, 0.3) is 0 Å². The van der Waals surface area contributed by atoms with Crippen molar-refractivity contribution in [2.24, 2.45) is 59.0 Å². The van der Waals surface area contributed by atoms with Gasteiger partial charge in [-0.2, -0.15) is 0 Å². The second-order valence-corrected chi connectivity index (χ2v) is 30.0. The van der Waals surface area contributed by atoms with Gasteiger partial charge in [0.25, 0.3) is 0 Å². The van der Waals surface area contributed by atoms with Gasteiger partial charge in [-0.1, -0.05) is 132 Å². The van der Waals surface area contributed by atoms with Crippen LogP contribution in [-0.4, -0.2) is 192 Å². The first-order chi connectivity index (χ1) is 46.5. The zero-order valence-corrected chi connectivity index (χ0v) is 59.3. The molecule has 6 rings (SSSR count). The van der Waals surface area contributed by atoms with Crippen molar-refractivity contribution >= 4 is 82.8 Å². The number of carbonyl (C=O) groups is 14. The fourth-order valence-corrected chi connectivity index (χ4v) is 14.7. The van der Waals surface area contributed by atoms with Crippen LogP contribution in [0.4, 0.5) is 0 Å². The Kier molecular flexibility index (Phi) is 26.9. The Balaban J connectivity index is 1.17. The number of amides is 12. The molecule has 16 atom stereocenters. The maximum Gasteiger partial charge on any atom is 0.309 e. The first-order valence-electron chi connectivity index (χ1n) is 35.5. The number of carbonyl (C=O) groups excluding carboxylic acids is 12. The number of primary amides is 1. The number of hydrogen-bond donors (Lipinski definition) is 15. The van der Waals surface area contributed by atoms with Crippen molar-refractivity contribution in [1.82, 2.24) is 58.1 Å². The van der Waals surface area contributed by atoms with Gasteiger partial charge >= 0.3 is 11.9 Å². The lowest BCUT2D eigenvalue weighted by Crippen LogP contribution is -2.64. The van der Waals surface area contributed by atoms with Crippen molar-refractivity contribution in [3.63, 3.8) is 0 Å². The molecule has 6 aliphatic rings. The highest BCUT2D eigenvalue weighted by atomic mass is 16.4. The Bertz CT molecular complexity index is 3090. The molecule has 16 N–H and O–H groups in total. The third-order valence-corrected chi connectivity index (χ3v) is 21.3. The molecule has 6 aliphatic carbocycles. The Morgan fingerprint density at radius 2 is 0.970 bits per heavy atom. The largest absolute Gasteiger partial charge is 0.481 e. The monoisotopic (exact) mass is 1390 g/mol. The lowest BCUT2D eigenvalue weighted by atomic mass is 9.99. The molecule has 0 saturated heterocycles. The number of nitrogens with two attached hydrogens (primary N) is 1. The van der Waals surface area contributed by atoms with E-state index in [9.17, 15) is 82.8 Å². The number of rotatable bonds is 45. The molecule has 13 unspecified atom stereocenters. The minimum atomic E-state index is -2.22. The Morgan fingerprint density at radius 3 is 1.44 bits per heavy atom. The second-order valence-electron chi connectivity index (χ2n) is 30.0. The third-order valence-electron chi connectivity index (χ3n) is 21.3. The van der Waals surface area contributed by atoms with Crippen LogP contribution in [0.1, 0.15) is 197 Å². The van der Waals surface area contributed by atoms with Crippen LogP contribution in [0.5, 0.6) is 0 Å². The highest BCUT2D eigenvalue weighted by molar-refractivity contribution is 6.07. The van der Waals surface area contributed by atoms with E-state index in [0.717, 1.165) is 62.7 Å². The van der Waals surface area contributed by atoms with Gasteiger partial charge in [0.15, 0.2) is 0 Å². The molecular formula is C69H110N12O18. The summed E-state index contributed by atoms with van der Waals surface area (Å²) < 4.78 is 0. The summed E-state index contributed by atoms with van der Waals surface area (Å²) in [7, 11) is 1.28. The zero-order chi connectivity index (χ0) is 73.9. The first-order valence-corrected chi connectivity index (χ1v) is 35.5. The van der Waals surface area contributed by atoms with E-state index in [1.54, 1.807) is 27.7 Å². The molecule has 6 fully saturated rings. The first kappa shape index (κ1) is 80.2. The van der Waals surface area contributed by atoms with Gasteiger partial charge in [-0.15, -0.1) is 6.58 Å². The summed E-state index contributed by atoms with van der Waals surface area (Å²) in [6, 6.07) is -6.31. The molecule has 99 heavy (non-hydrogen) atoms. The normalized spacial score (nSPS) is 29.2. The quantitative estimate of drug-likeness (QED) is 0.0289. The number of carboxylic acids is 2. The van der Waals surface area contributed by atoms with E-state index in [4.69, 9.17) is 5.73 Å². The van der Waals surface area contributed by atoms with Gasteiger partial charge in [0.2, 0.25) is 70.9 Å². The Labute approximate surface area is 579 Å². The van der Waals surface area contributed by atoms with Crippen molar-refractivity contribution in [3.8, 4) is 0 Å². The number of nitrogens with one attached hydrogen (secondary N) is 10. The minimum Gasteiger partial charge on any atom is -0.481 e. The molecule has 0 bridgehead atoms. The maximum absolute atomic E-state index is 15.1. The Hall–Kier alpha value is -7.76. The van der Waals surface area contributed by atoms with Crippen molar-refractivity contribution in [3.05, 3.63) is 12.7 Å². The summed E-state index contributed by atoms with van der Waals surface area (Å²) in [4.78, 5) is 194. The SMILES string of the molecule is C=CCC1CC1(NC(=O)[C@@H](CO)NC(=O)C1(NC(=O)C(CO)NC(=O)C2(NC(C)=O)CC2CCCCCCC)CC1C(C)C)C(=O)N(C)[C@H](CC(C)C)C(=O)NC1(C(=O)N[C@H](CCCCCCCC)C(=O)NC2(C(=O)NCC(=O)NC3(C(N)=O)CC3C(C)C)CC2C(=O)O)CC1C(=O)O. The van der Waals surface area contributed by atoms with Crippen LogP contribution in [0.15, 0.2) is 12.7 Å². The van der Waals surface area contributed by atoms with E-state index in [1.807, 2.05) is 20.8 Å². The summed E-state index contributed by atoms with van der Waals surface area (Å²) in [6.07, 6.45) is 11.2. The van der Waals surface area contributed by atoms with Crippen molar-refractivity contribution in [1.29, 1.82) is 0 Å². The number of carboxylic acid groups (broad SMARTS) is 2. The van der Waals surface area contributed by atoms with Crippen LogP contribution in [0.2, 0.25) is 0 Å². The van der Waals surface area contributed by atoms with E-state index < -0.39 is 196 Å². The van der Waals surface area contributed by atoms with Crippen LogP contribution in [-0.2, 0) is 67.1 Å². The lowest BCUT2D eigenvalue weighted by molar-refractivity contribution is -0.146. The second kappa shape index (κ2) is 33.1. The standard InChI is InChI=1S/C69H110N12O18/c1-12-15-17-19-21-23-26-47(52(86)78-68(32-45(68)56(90)91)59(95)71-34-51(85)76-66(58(70)94)30-43(66)38(6)7)72-62(98)69(33-46(69)57(92)93)80-55(89)50(27-37(4)5)81(11)63(99)65(29-41(65)24-14-3)77-53(87)48(35-82)74-61(97)67(31-44(67)39(8)9)79-54(88)49(36-83)73-60(96)64(75-40(10)84)28-42(64)25-22-20-18-16-13-2/h14,37-39,41-50,82-83H,3,12-13,15-36H2,1-2,4-11H3,(H2,70,94)(H,71,95)(H,72,98)(H,73,96)(H,74,97)(H,75,84)(H,76,85)(H,77,87)(H,78,86)(H,79,88)(H,80,89)(H,90,91)(H,92,93)/t41?,42?,43?,44?,45?,46?,47-,48-,49?,50-,64?,65?,66?,67?,68?,69?/m1/s1. The molecule has 12 amide bonds.